The maximum atomic E-state index is 14.2. The monoisotopic (exact) mass is 553 g/mol. The van der Waals surface area contributed by atoms with Crippen molar-refractivity contribution in [3.63, 3.8) is 0 Å². The van der Waals surface area contributed by atoms with Crippen LogP contribution in [0.25, 0.3) is 22.2 Å². The molecule has 8 nitrogen and oxygen atoms in total. The quantitative estimate of drug-likeness (QED) is 0.308. The number of rotatable bonds is 5. The molecule has 2 aliphatic heterocycles. The highest BCUT2D eigenvalue weighted by molar-refractivity contribution is 7.88. The van der Waals surface area contributed by atoms with E-state index in [1.165, 1.54) is 6.07 Å². The zero-order valence-corrected chi connectivity index (χ0v) is 22.8. The first kappa shape index (κ1) is 26.0. The van der Waals surface area contributed by atoms with Crippen LogP contribution in [0.1, 0.15) is 55.0 Å². The summed E-state index contributed by atoms with van der Waals surface area (Å²) >= 11 is -1.04. The smallest absolute Gasteiger partial charge is 0.227 e. The Morgan fingerprint density at radius 1 is 1.05 bits per heavy atom. The summed E-state index contributed by atoms with van der Waals surface area (Å²) in [5.41, 5.74) is 4.66. The number of imidazole rings is 1. The van der Waals surface area contributed by atoms with Crippen LogP contribution in [-0.4, -0.2) is 48.8 Å². The Morgan fingerprint density at radius 2 is 1.82 bits per heavy atom. The van der Waals surface area contributed by atoms with Crippen molar-refractivity contribution < 1.29 is 22.7 Å². The average molecular weight is 554 g/mol. The standard InChI is InChI=1S/C28H29F2N5O3S/c1-16-27(17(2)38-32-16)18-4-7-24-23(14-18)31-28(35(24)19-10-12-33(13-11-19)39(3)37)25-8-9-26(36)34(25)20-5-6-21(29)22(30)15-20/h4-7,14-15,19,25H,8-13H2,1-3H3/t25-,39?/m0/s1. The molecule has 6 rings (SSSR count). The summed E-state index contributed by atoms with van der Waals surface area (Å²) in [5.74, 6) is -0.674. The van der Waals surface area contributed by atoms with Crippen LogP contribution in [0.3, 0.4) is 0 Å². The molecule has 0 saturated carbocycles. The number of piperidine rings is 1. The van der Waals surface area contributed by atoms with E-state index in [0.29, 0.717) is 31.0 Å². The van der Waals surface area contributed by atoms with Crippen molar-refractivity contribution in [3.05, 3.63) is 65.3 Å². The largest absolute Gasteiger partial charge is 0.598 e. The van der Waals surface area contributed by atoms with Crippen LogP contribution in [0.2, 0.25) is 0 Å². The molecule has 0 aliphatic carbocycles. The Kier molecular flexibility index (Phi) is 6.68. The van der Waals surface area contributed by atoms with Gasteiger partial charge in [-0.05, 0) is 62.9 Å². The van der Waals surface area contributed by atoms with E-state index in [0.717, 1.165) is 58.6 Å². The van der Waals surface area contributed by atoms with Gasteiger partial charge in [-0.15, -0.1) is 4.31 Å². The second-order valence-corrected chi connectivity index (χ2v) is 11.6. The van der Waals surface area contributed by atoms with Crippen molar-refractivity contribution in [3.8, 4) is 11.1 Å². The summed E-state index contributed by atoms with van der Waals surface area (Å²) in [6.45, 7) is 5.13. The van der Waals surface area contributed by atoms with E-state index < -0.39 is 29.0 Å². The maximum Gasteiger partial charge on any atom is 0.227 e. The van der Waals surface area contributed by atoms with Crippen LogP contribution >= 0.6 is 0 Å². The van der Waals surface area contributed by atoms with Gasteiger partial charge in [0.2, 0.25) is 5.91 Å². The van der Waals surface area contributed by atoms with Gasteiger partial charge in [0, 0.05) is 54.2 Å². The van der Waals surface area contributed by atoms with Gasteiger partial charge in [-0.2, -0.15) is 0 Å². The minimum atomic E-state index is -1.04. The SMILES string of the molecule is Cc1noc(C)c1-c1ccc2c(c1)nc([C@@H]1CCC(=O)N1c1ccc(F)c(F)c1)n2C1CCN([S+](C)[O-])CC1. The fraction of sp³-hybridized carbons (Fsp3) is 0.393. The lowest BCUT2D eigenvalue weighted by Gasteiger charge is -2.34. The van der Waals surface area contributed by atoms with Crippen LogP contribution in [0.15, 0.2) is 40.9 Å². The number of halogens is 2. The van der Waals surface area contributed by atoms with Gasteiger partial charge in [-0.3, -0.25) is 4.79 Å². The predicted molar refractivity (Wildman–Crippen MR) is 144 cm³/mol. The Balaban J connectivity index is 1.48. The summed E-state index contributed by atoms with van der Waals surface area (Å²) < 4.78 is 49.5. The highest BCUT2D eigenvalue weighted by atomic mass is 32.2. The molecule has 2 aliphatic rings. The van der Waals surface area contributed by atoms with Crippen LogP contribution in [-0.2, 0) is 16.2 Å². The molecule has 204 valence electrons. The molecule has 2 aromatic heterocycles. The molecule has 2 fully saturated rings. The molecule has 2 aromatic carbocycles. The number of hydrogen-bond acceptors (Lipinski definition) is 6. The van der Waals surface area contributed by atoms with Crippen molar-refractivity contribution in [1.82, 2.24) is 19.0 Å². The second kappa shape index (κ2) is 10.0. The minimum absolute atomic E-state index is 0.0808. The number of aryl methyl sites for hydroxylation is 2. The van der Waals surface area contributed by atoms with Crippen LogP contribution in [0.4, 0.5) is 14.5 Å². The van der Waals surface area contributed by atoms with Crippen molar-refractivity contribution in [1.29, 1.82) is 0 Å². The fourth-order valence-corrected chi connectivity index (χ4v) is 6.76. The lowest BCUT2D eigenvalue weighted by molar-refractivity contribution is -0.117. The van der Waals surface area contributed by atoms with Crippen LogP contribution in [0, 0.1) is 25.5 Å². The van der Waals surface area contributed by atoms with Gasteiger partial charge < -0.3 is 18.5 Å². The number of amides is 1. The molecule has 4 heterocycles. The third-order valence-electron chi connectivity index (χ3n) is 7.88. The third-order valence-corrected chi connectivity index (χ3v) is 8.97. The van der Waals surface area contributed by atoms with Crippen LogP contribution < -0.4 is 4.90 Å². The number of fused-ring (bicyclic) bond motifs is 1. The number of hydrogen-bond donors (Lipinski definition) is 0. The normalized spacial score (nSPS) is 19.9. The van der Waals surface area contributed by atoms with E-state index in [1.54, 1.807) is 11.2 Å². The molecule has 2 atom stereocenters. The van der Waals surface area contributed by atoms with E-state index in [-0.39, 0.29) is 18.4 Å². The first-order valence-electron chi connectivity index (χ1n) is 13.0. The summed E-state index contributed by atoms with van der Waals surface area (Å²) in [4.78, 5) is 19.7. The topological polar surface area (TPSA) is 90.5 Å². The number of carbonyl (C=O) groups excluding carboxylic acids is 1. The number of anilines is 1. The van der Waals surface area contributed by atoms with Gasteiger partial charge in [0.1, 0.15) is 17.8 Å². The molecule has 0 bridgehead atoms. The van der Waals surface area contributed by atoms with Gasteiger partial charge in [0.25, 0.3) is 0 Å². The number of benzene rings is 2. The fourth-order valence-electron chi connectivity index (χ4n) is 6.03. The number of nitrogens with zero attached hydrogens (tertiary/aromatic N) is 5. The van der Waals surface area contributed by atoms with Gasteiger partial charge >= 0.3 is 0 Å². The molecule has 0 radical (unpaired) electrons. The molecule has 0 N–H and O–H groups in total. The summed E-state index contributed by atoms with van der Waals surface area (Å²) in [5, 5.41) is 4.09. The molecule has 0 spiro atoms. The maximum absolute atomic E-state index is 14.2. The van der Waals surface area contributed by atoms with E-state index in [9.17, 15) is 18.1 Å². The zero-order valence-electron chi connectivity index (χ0n) is 22.0. The Hall–Kier alpha value is -3.28. The van der Waals surface area contributed by atoms with Crippen molar-refractivity contribution in [2.45, 2.75) is 51.6 Å². The molecule has 1 amide bonds. The summed E-state index contributed by atoms with van der Waals surface area (Å²) in [6.07, 6.45) is 4.03. The summed E-state index contributed by atoms with van der Waals surface area (Å²) in [6, 6.07) is 9.28. The number of aromatic nitrogens is 3. The average Bonchev–Trinajstić information content (AvgIpc) is 3.59. The van der Waals surface area contributed by atoms with E-state index in [4.69, 9.17) is 9.51 Å². The highest BCUT2D eigenvalue weighted by Gasteiger charge is 2.39. The first-order valence-corrected chi connectivity index (χ1v) is 14.5. The summed E-state index contributed by atoms with van der Waals surface area (Å²) in [7, 11) is 0. The van der Waals surface area contributed by atoms with Crippen LogP contribution in [0.5, 0.6) is 0 Å². The van der Waals surface area contributed by atoms with E-state index in [2.05, 4.69) is 9.72 Å². The Labute approximate surface area is 227 Å². The first-order chi connectivity index (χ1) is 18.7. The molecule has 11 heteroatoms. The van der Waals surface area contributed by atoms with Crippen molar-refractivity contribution in [2.75, 3.05) is 24.2 Å². The van der Waals surface area contributed by atoms with E-state index in [1.807, 2.05) is 36.4 Å². The molecule has 4 aromatic rings. The Morgan fingerprint density at radius 3 is 2.49 bits per heavy atom. The van der Waals surface area contributed by atoms with Gasteiger partial charge in [0.05, 0.1) is 22.8 Å². The van der Waals surface area contributed by atoms with Gasteiger partial charge in [-0.1, -0.05) is 11.2 Å². The molecular formula is C28H29F2N5O3S. The van der Waals surface area contributed by atoms with E-state index >= 15 is 0 Å². The third kappa shape index (κ3) is 4.52. The predicted octanol–water partition coefficient (Wildman–Crippen LogP) is 5.38. The van der Waals surface area contributed by atoms with Gasteiger partial charge in [-0.25, -0.2) is 13.8 Å². The van der Waals surface area contributed by atoms with Crippen molar-refractivity contribution in [2.24, 2.45) is 0 Å². The minimum Gasteiger partial charge on any atom is -0.598 e. The second-order valence-electron chi connectivity index (χ2n) is 10.2. The molecule has 1 unspecified atom stereocenters. The highest BCUT2D eigenvalue weighted by Crippen LogP contribution is 2.41. The zero-order chi connectivity index (χ0) is 27.4. The molecular weight excluding hydrogens is 524 g/mol. The van der Waals surface area contributed by atoms with Crippen molar-refractivity contribution >= 4 is 34.0 Å². The molecule has 39 heavy (non-hydrogen) atoms. The van der Waals surface area contributed by atoms with Gasteiger partial charge in [0.15, 0.2) is 11.6 Å². The lowest BCUT2D eigenvalue weighted by Crippen LogP contribution is -2.39. The number of carbonyl (C=O) groups is 1. The Bertz CT molecular complexity index is 1540. The molecule has 2 saturated heterocycles. The lowest BCUT2D eigenvalue weighted by atomic mass is 10.0.